The first-order chi connectivity index (χ1) is 19.8. The third-order valence-electron chi connectivity index (χ3n) is 7.78. The van der Waals surface area contributed by atoms with E-state index in [0.717, 1.165) is 11.1 Å². The largest absolute Gasteiger partial charge is 0.419 e. The highest BCUT2D eigenvalue weighted by atomic mass is 32.1. The van der Waals surface area contributed by atoms with Crippen LogP contribution in [0.5, 0.6) is 0 Å². The number of hydrogen-bond donors (Lipinski definition) is 1. The number of likely N-dealkylation sites (tertiary alicyclic amines) is 1. The second-order valence-electron chi connectivity index (χ2n) is 10.5. The molecule has 3 aliphatic rings. The summed E-state index contributed by atoms with van der Waals surface area (Å²) in [7, 11) is 0. The molecule has 1 spiro atoms. The minimum atomic E-state index is -4.93. The molecule has 0 bridgehead atoms. The van der Waals surface area contributed by atoms with Crippen molar-refractivity contribution in [2.24, 2.45) is 0 Å². The Bertz CT molecular complexity index is 1490. The summed E-state index contributed by atoms with van der Waals surface area (Å²) in [5.41, 5.74) is -4.44. The van der Waals surface area contributed by atoms with Crippen molar-refractivity contribution in [3.8, 4) is 6.07 Å². The van der Waals surface area contributed by atoms with Crippen molar-refractivity contribution in [2.45, 2.75) is 49.7 Å². The molecule has 8 nitrogen and oxygen atoms in total. The van der Waals surface area contributed by atoms with E-state index in [1.807, 2.05) is 0 Å². The lowest BCUT2D eigenvalue weighted by atomic mass is 9.75. The van der Waals surface area contributed by atoms with Gasteiger partial charge >= 0.3 is 6.18 Å². The van der Waals surface area contributed by atoms with Crippen molar-refractivity contribution < 1.29 is 35.9 Å². The summed E-state index contributed by atoms with van der Waals surface area (Å²) < 4.78 is 83.4. The molecule has 1 aromatic heterocycles. The summed E-state index contributed by atoms with van der Waals surface area (Å²) in [5.74, 6) is -5.13. The second-order valence-corrected chi connectivity index (χ2v) is 10.8. The lowest BCUT2D eigenvalue weighted by molar-refractivity contribution is -0.138. The Morgan fingerprint density at radius 3 is 2.55 bits per heavy atom. The van der Waals surface area contributed by atoms with Gasteiger partial charge in [-0.3, -0.25) is 19.4 Å². The van der Waals surface area contributed by atoms with Crippen molar-refractivity contribution in [3.63, 3.8) is 0 Å². The first kappa shape index (κ1) is 29.7. The van der Waals surface area contributed by atoms with Crippen LogP contribution < -0.4 is 15.1 Å². The number of benzene rings is 1. The topological polar surface area (TPSA) is 92.6 Å². The average molecular weight is 611 g/mol. The molecule has 3 fully saturated rings. The number of rotatable bonds is 7. The fourth-order valence-corrected chi connectivity index (χ4v) is 5.99. The van der Waals surface area contributed by atoms with Crippen LogP contribution in [0.4, 0.5) is 37.7 Å². The first-order valence-corrected chi connectivity index (χ1v) is 13.5. The maximum atomic E-state index is 15.9. The lowest BCUT2D eigenvalue weighted by Gasteiger charge is -2.43. The molecule has 2 aromatic rings. The molecular formula is C27H24F6N6O2S. The van der Waals surface area contributed by atoms with Crippen LogP contribution in [0.25, 0.3) is 0 Å². The SMILES string of the molecule is N#Cc1ncc(N2C(=O)C3(CCC3)N(c3cccc(C(=O)NCCCN4CCC(F)(F)C4)c3F)C2=S)cc1C(F)(F)F. The number of carbonyl (C=O) groups excluding carboxylic acids is 2. The fourth-order valence-electron chi connectivity index (χ4n) is 5.53. The van der Waals surface area contributed by atoms with Crippen LogP contribution in [0, 0.1) is 17.1 Å². The number of amides is 2. The van der Waals surface area contributed by atoms with Gasteiger partial charge in [0.25, 0.3) is 17.7 Å². The average Bonchev–Trinajstić information content (AvgIpc) is 3.37. The van der Waals surface area contributed by atoms with Gasteiger partial charge in [0.1, 0.15) is 11.6 Å². The summed E-state index contributed by atoms with van der Waals surface area (Å²) in [6.07, 6.45) is -2.81. The highest BCUT2D eigenvalue weighted by Crippen LogP contribution is 2.49. The highest BCUT2D eigenvalue weighted by Gasteiger charge is 2.60. The van der Waals surface area contributed by atoms with Crippen LogP contribution in [0.1, 0.15) is 53.7 Å². The second kappa shape index (κ2) is 10.8. The summed E-state index contributed by atoms with van der Waals surface area (Å²) in [6, 6.07) is 5.94. The Labute approximate surface area is 241 Å². The molecule has 0 unspecified atom stereocenters. The van der Waals surface area contributed by atoms with Crippen molar-refractivity contribution in [1.29, 1.82) is 5.26 Å². The number of alkyl halides is 5. The molecule has 2 aliphatic heterocycles. The molecule has 1 aliphatic carbocycles. The van der Waals surface area contributed by atoms with Gasteiger partial charge in [0.15, 0.2) is 16.6 Å². The molecular weight excluding hydrogens is 586 g/mol. The van der Waals surface area contributed by atoms with Crippen LogP contribution in [-0.2, 0) is 11.0 Å². The molecule has 0 atom stereocenters. The maximum absolute atomic E-state index is 15.9. The summed E-state index contributed by atoms with van der Waals surface area (Å²) in [5, 5.41) is 11.4. The predicted octanol–water partition coefficient (Wildman–Crippen LogP) is 4.63. The number of hydrogen-bond acceptors (Lipinski definition) is 6. The maximum Gasteiger partial charge on any atom is 0.419 e. The Morgan fingerprint density at radius 2 is 1.95 bits per heavy atom. The van der Waals surface area contributed by atoms with Crippen molar-refractivity contribution in [2.75, 3.05) is 36.0 Å². The summed E-state index contributed by atoms with van der Waals surface area (Å²) in [4.78, 5) is 33.7. The molecule has 1 saturated carbocycles. The van der Waals surface area contributed by atoms with E-state index in [1.165, 1.54) is 29.2 Å². The molecule has 1 aromatic carbocycles. The number of anilines is 2. The zero-order chi connectivity index (χ0) is 30.4. The van der Waals surface area contributed by atoms with Gasteiger partial charge in [-0.15, -0.1) is 0 Å². The first-order valence-electron chi connectivity index (χ1n) is 13.1. The third kappa shape index (κ3) is 5.17. The molecule has 3 heterocycles. The van der Waals surface area contributed by atoms with Gasteiger partial charge in [-0.25, -0.2) is 18.2 Å². The van der Waals surface area contributed by atoms with Crippen LogP contribution in [0.15, 0.2) is 30.5 Å². The molecule has 0 radical (unpaired) electrons. The van der Waals surface area contributed by atoms with E-state index < -0.39 is 46.5 Å². The molecule has 5 rings (SSSR count). The molecule has 15 heteroatoms. The Balaban J connectivity index is 1.38. The number of aromatic nitrogens is 1. The zero-order valence-corrected chi connectivity index (χ0v) is 22.8. The number of pyridine rings is 1. The van der Waals surface area contributed by atoms with Crippen LogP contribution >= 0.6 is 12.2 Å². The number of halogens is 6. The molecule has 1 N–H and O–H groups in total. The van der Waals surface area contributed by atoms with Gasteiger partial charge in [-0.1, -0.05) is 6.07 Å². The van der Waals surface area contributed by atoms with Gasteiger partial charge in [0.2, 0.25) is 0 Å². The summed E-state index contributed by atoms with van der Waals surface area (Å²) in [6.45, 7) is 0.346. The van der Waals surface area contributed by atoms with Crippen LogP contribution in [0.3, 0.4) is 0 Å². The van der Waals surface area contributed by atoms with Gasteiger partial charge in [-0.2, -0.15) is 18.4 Å². The smallest absolute Gasteiger partial charge is 0.352 e. The van der Waals surface area contributed by atoms with Crippen LogP contribution in [-0.4, -0.2) is 64.5 Å². The molecule has 2 amide bonds. The van der Waals surface area contributed by atoms with Crippen molar-refractivity contribution in [3.05, 3.63) is 53.1 Å². The third-order valence-corrected chi connectivity index (χ3v) is 8.15. The molecule has 42 heavy (non-hydrogen) atoms. The van der Waals surface area contributed by atoms with E-state index in [0.29, 0.717) is 25.5 Å². The fraction of sp³-hybridized carbons (Fsp3) is 0.444. The number of thiocarbonyl (C=S) groups is 1. The van der Waals surface area contributed by atoms with Gasteiger partial charge in [0.05, 0.1) is 35.2 Å². The van der Waals surface area contributed by atoms with Crippen LogP contribution in [0.2, 0.25) is 0 Å². The van der Waals surface area contributed by atoms with E-state index in [9.17, 15) is 31.5 Å². The summed E-state index contributed by atoms with van der Waals surface area (Å²) >= 11 is 5.50. The highest BCUT2D eigenvalue weighted by molar-refractivity contribution is 7.81. The van der Waals surface area contributed by atoms with E-state index in [1.54, 1.807) is 4.90 Å². The van der Waals surface area contributed by atoms with Gasteiger partial charge < -0.3 is 10.2 Å². The van der Waals surface area contributed by atoms with Crippen molar-refractivity contribution >= 4 is 40.5 Å². The molecule has 2 saturated heterocycles. The normalized spacial score (nSPS) is 19.7. The van der Waals surface area contributed by atoms with Gasteiger partial charge in [0, 0.05) is 26.1 Å². The predicted molar refractivity (Wildman–Crippen MR) is 142 cm³/mol. The Morgan fingerprint density at radius 1 is 1.21 bits per heavy atom. The van der Waals surface area contributed by atoms with Gasteiger partial charge in [-0.05, 0) is 56.1 Å². The zero-order valence-electron chi connectivity index (χ0n) is 22.0. The van der Waals surface area contributed by atoms with Crippen molar-refractivity contribution in [1.82, 2.24) is 15.2 Å². The number of nitriles is 1. The Hall–Kier alpha value is -3.77. The minimum Gasteiger partial charge on any atom is -0.352 e. The van der Waals surface area contributed by atoms with E-state index in [2.05, 4.69) is 10.3 Å². The molecule has 222 valence electrons. The Kier molecular flexibility index (Phi) is 7.65. The monoisotopic (exact) mass is 610 g/mol. The van der Waals surface area contributed by atoms with E-state index in [4.69, 9.17) is 17.5 Å². The number of carbonyl (C=O) groups is 2. The quantitative estimate of drug-likeness (QED) is 0.278. The number of nitrogens with zero attached hydrogens (tertiary/aromatic N) is 5. The van der Waals surface area contributed by atoms with E-state index >= 15 is 4.39 Å². The van der Waals surface area contributed by atoms with E-state index in [-0.39, 0.29) is 60.9 Å². The lowest BCUT2D eigenvalue weighted by Crippen LogP contribution is -2.55. The number of nitrogens with one attached hydrogen (secondary N) is 1. The standard InChI is InChI=1S/C27H24F6N6O2S/c28-21-17(22(40)35-9-3-10-37-11-8-26(29,30)15-37)4-1-5-20(21)39-24(42)38(23(41)25(39)6-2-7-25)16-12-18(27(31,32)33)19(13-34)36-14-16/h1,4-5,12,14H,2-3,6-11,15H2,(H,35,40). The minimum absolute atomic E-state index is 0.107.